The molecule has 1 atom stereocenters. The Kier molecular flexibility index (Phi) is 6.47. The van der Waals surface area contributed by atoms with Gasteiger partial charge in [0.25, 0.3) is 0 Å². The van der Waals surface area contributed by atoms with E-state index >= 15 is 0 Å². The molecule has 0 saturated carbocycles. The number of hydrogen-bond donors (Lipinski definition) is 1. The third-order valence-corrected chi connectivity index (χ3v) is 6.30. The number of pyridine rings is 1. The van der Waals surface area contributed by atoms with E-state index < -0.39 is 0 Å². The fraction of sp³-hybridized carbons (Fsp3) is 0.522. The summed E-state index contributed by atoms with van der Waals surface area (Å²) < 4.78 is 0. The normalized spacial score (nSPS) is 19.3. The molecule has 2 aliphatic rings. The topological polar surface area (TPSA) is 64.1 Å². The summed E-state index contributed by atoms with van der Waals surface area (Å²) in [5.41, 5.74) is 2.19. The van der Waals surface area contributed by atoms with E-state index in [1.54, 1.807) is 0 Å². The number of carbonyl (C=O) groups excluding carboxylic acids is 1. The third-order valence-electron chi connectivity index (χ3n) is 6.30. The molecule has 30 heavy (non-hydrogen) atoms. The number of piperazine rings is 1. The maximum absolute atomic E-state index is 12.7. The second kappa shape index (κ2) is 9.43. The first-order chi connectivity index (χ1) is 14.7. The van der Waals surface area contributed by atoms with Gasteiger partial charge in [0.1, 0.15) is 0 Å². The van der Waals surface area contributed by atoms with Gasteiger partial charge in [-0.1, -0.05) is 24.3 Å². The number of amides is 1. The number of fused-ring (bicyclic) bond motifs is 1. The smallest absolute Gasteiger partial charge is 0.239 e. The quantitative estimate of drug-likeness (QED) is 0.619. The van der Waals surface area contributed by atoms with Gasteiger partial charge in [-0.15, -0.1) is 0 Å². The minimum Gasteiger partial charge on any atom is -0.352 e. The summed E-state index contributed by atoms with van der Waals surface area (Å²) in [5.74, 6) is 1.19. The van der Waals surface area contributed by atoms with Crippen LogP contribution in [0.5, 0.6) is 0 Å². The fourth-order valence-electron chi connectivity index (χ4n) is 4.50. The summed E-state index contributed by atoms with van der Waals surface area (Å²) in [6.07, 6.45) is 4.12. The van der Waals surface area contributed by atoms with Crippen molar-refractivity contribution in [1.29, 1.82) is 0 Å². The molecule has 3 heterocycles. The van der Waals surface area contributed by atoms with E-state index in [0.717, 1.165) is 74.5 Å². The maximum atomic E-state index is 12.7. The average molecular weight is 409 g/mol. The van der Waals surface area contributed by atoms with Crippen molar-refractivity contribution in [3.8, 4) is 0 Å². The Balaban J connectivity index is 1.32. The standard InChI is InChI=1S/C23H32N6O/c1-18(22(30)28-11-3-4-12-28)27-13-15-29(16-14-27)23(24-2)26-17-20-8-5-7-19-9-6-10-25-21(19)20/h5-10,18H,3-4,11-17H2,1-2H3,(H,24,26). The molecule has 0 aliphatic carbocycles. The van der Waals surface area contributed by atoms with Gasteiger partial charge in [0.2, 0.25) is 5.91 Å². The zero-order valence-corrected chi connectivity index (χ0v) is 18.0. The number of likely N-dealkylation sites (tertiary alicyclic amines) is 1. The minimum atomic E-state index is -0.0398. The van der Waals surface area contributed by atoms with Gasteiger partial charge in [-0.3, -0.25) is 19.7 Å². The van der Waals surface area contributed by atoms with Crippen LogP contribution in [-0.2, 0) is 11.3 Å². The Morgan fingerprint density at radius 1 is 1.07 bits per heavy atom. The molecule has 2 saturated heterocycles. The molecule has 7 nitrogen and oxygen atoms in total. The van der Waals surface area contributed by atoms with Crippen LogP contribution in [0.4, 0.5) is 0 Å². The van der Waals surface area contributed by atoms with Crippen molar-refractivity contribution in [2.75, 3.05) is 46.3 Å². The van der Waals surface area contributed by atoms with Gasteiger partial charge in [0, 0.05) is 64.4 Å². The van der Waals surface area contributed by atoms with E-state index in [9.17, 15) is 4.79 Å². The highest BCUT2D eigenvalue weighted by Gasteiger charge is 2.30. The van der Waals surface area contributed by atoms with Crippen molar-refractivity contribution in [2.24, 2.45) is 4.99 Å². The lowest BCUT2D eigenvalue weighted by Gasteiger charge is -2.39. The molecular formula is C23H32N6O. The van der Waals surface area contributed by atoms with Gasteiger partial charge in [0.15, 0.2) is 5.96 Å². The summed E-state index contributed by atoms with van der Waals surface area (Å²) in [5, 5.41) is 4.65. The Morgan fingerprint density at radius 2 is 1.80 bits per heavy atom. The minimum absolute atomic E-state index is 0.0398. The molecule has 7 heteroatoms. The van der Waals surface area contributed by atoms with Crippen molar-refractivity contribution in [1.82, 2.24) is 25.0 Å². The summed E-state index contributed by atoms with van der Waals surface area (Å²) in [7, 11) is 1.83. The molecule has 0 bridgehead atoms. The number of carbonyl (C=O) groups is 1. The second-order valence-electron chi connectivity index (χ2n) is 8.12. The monoisotopic (exact) mass is 408 g/mol. The molecule has 2 fully saturated rings. The predicted octanol–water partition coefficient (Wildman–Crippen LogP) is 1.94. The number of aromatic nitrogens is 1. The number of aliphatic imine (C=N–C) groups is 1. The van der Waals surface area contributed by atoms with Crippen LogP contribution in [0.3, 0.4) is 0 Å². The average Bonchev–Trinajstić information content (AvgIpc) is 3.34. The van der Waals surface area contributed by atoms with Gasteiger partial charge < -0.3 is 15.1 Å². The number of rotatable bonds is 4. The number of nitrogens with one attached hydrogen (secondary N) is 1. The van der Waals surface area contributed by atoms with Gasteiger partial charge in [-0.25, -0.2) is 0 Å². The van der Waals surface area contributed by atoms with E-state index in [4.69, 9.17) is 0 Å². The van der Waals surface area contributed by atoms with E-state index in [-0.39, 0.29) is 11.9 Å². The fourth-order valence-corrected chi connectivity index (χ4v) is 4.50. The van der Waals surface area contributed by atoms with Crippen LogP contribution in [-0.4, -0.2) is 83.9 Å². The van der Waals surface area contributed by atoms with Crippen LogP contribution in [0.15, 0.2) is 41.5 Å². The summed E-state index contributed by atoms with van der Waals surface area (Å²) >= 11 is 0. The third kappa shape index (κ3) is 4.41. The molecule has 2 aromatic rings. The van der Waals surface area contributed by atoms with Crippen molar-refractivity contribution in [3.63, 3.8) is 0 Å². The van der Waals surface area contributed by atoms with Gasteiger partial charge in [-0.05, 0) is 31.4 Å². The predicted molar refractivity (Wildman–Crippen MR) is 120 cm³/mol. The molecule has 160 valence electrons. The lowest BCUT2D eigenvalue weighted by atomic mass is 10.1. The van der Waals surface area contributed by atoms with Crippen molar-refractivity contribution < 1.29 is 4.79 Å². The number of para-hydroxylation sites is 1. The molecule has 0 spiro atoms. The second-order valence-corrected chi connectivity index (χ2v) is 8.12. The molecule has 0 radical (unpaired) electrons. The Labute approximate surface area is 178 Å². The molecule has 1 aromatic heterocycles. The van der Waals surface area contributed by atoms with Gasteiger partial charge >= 0.3 is 0 Å². The maximum Gasteiger partial charge on any atom is 0.239 e. The number of benzene rings is 1. The first-order valence-electron chi connectivity index (χ1n) is 11.0. The van der Waals surface area contributed by atoms with E-state index in [1.165, 1.54) is 0 Å². The van der Waals surface area contributed by atoms with Gasteiger partial charge in [0.05, 0.1) is 11.6 Å². The first-order valence-corrected chi connectivity index (χ1v) is 11.0. The SMILES string of the molecule is CN=C(NCc1cccc2cccnc12)N1CCN(C(C)C(=O)N2CCCC2)CC1. The molecule has 1 aromatic carbocycles. The molecule has 4 rings (SSSR count). The van der Waals surface area contributed by atoms with Crippen LogP contribution >= 0.6 is 0 Å². The lowest BCUT2D eigenvalue weighted by Crippen LogP contribution is -2.57. The molecule has 2 aliphatic heterocycles. The molecular weight excluding hydrogens is 376 g/mol. The number of hydrogen-bond acceptors (Lipinski definition) is 4. The largest absolute Gasteiger partial charge is 0.352 e. The summed E-state index contributed by atoms with van der Waals surface area (Å²) in [6.45, 7) is 8.05. The summed E-state index contributed by atoms with van der Waals surface area (Å²) in [6, 6.07) is 10.3. The first kappa shape index (κ1) is 20.6. The summed E-state index contributed by atoms with van der Waals surface area (Å²) in [4.78, 5) is 28.4. The van der Waals surface area contributed by atoms with Crippen LogP contribution in [0, 0.1) is 0 Å². The van der Waals surface area contributed by atoms with Crippen molar-refractivity contribution in [2.45, 2.75) is 32.4 Å². The molecule has 1 N–H and O–H groups in total. The van der Waals surface area contributed by atoms with Gasteiger partial charge in [-0.2, -0.15) is 0 Å². The van der Waals surface area contributed by atoms with Crippen LogP contribution in [0.2, 0.25) is 0 Å². The van der Waals surface area contributed by atoms with E-state index in [0.29, 0.717) is 6.54 Å². The van der Waals surface area contributed by atoms with E-state index in [1.807, 2.05) is 24.2 Å². The lowest BCUT2D eigenvalue weighted by molar-refractivity contribution is -0.135. The zero-order valence-electron chi connectivity index (χ0n) is 18.0. The van der Waals surface area contributed by atoms with E-state index in [2.05, 4.69) is 56.3 Å². The van der Waals surface area contributed by atoms with Crippen molar-refractivity contribution >= 4 is 22.8 Å². The highest BCUT2D eigenvalue weighted by atomic mass is 16.2. The Hall–Kier alpha value is -2.67. The number of nitrogens with zero attached hydrogens (tertiary/aromatic N) is 5. The Bertz CT molecular complexity index is 894. The highest BCUT2D eigenvalue weighted by molar-refractivity contribution is 5.84. The van der Waals surface area contributed by atoms with Crippen LogP contribution < -0.4 is 5.32 Å². The Morgan fingerprint density at radius 3 is 2.53 bits per heavy atom. The molecule has 1 unspecified atom stereocenters. The number of guanidine groups is 1. The zero-order chi connectivity index (χ0) is 20.9. The van der Waals surface area contributed by atoms with Crippen LogP contribution in [0.25, 0.3) is 10.9 Å². The highest BCUT2D eigenvalue weighted by Crippen LogP contribution is 2.16. The van der Waals surface area contributed by atoms with Crippen molar-refractivity contribution in [3.05, 3.63) is 42.1 Å². The van der Waals surface area contributed by atoms with Crippen LogP contribution in [0.1, 0.15) is 25.3 Å². The molecule has 1 amide bonds.